The number of ether oxygens (including phenoxy) is 2. The van der Waals surface area contributed by atoms with Gasteiger partial charge in [-0.1, -0.05) is 13.3 Å². The molecule has 120 valence electrons. The van der Waals surface area contributed by atoms with Crippen LogP contribution in [0.2, 0.25) is 0 Å². The maximum absolute atomic E-state index is 12.5. The van der Waals surface area contributed by atoms with E-state index in [4.69, 9.17) is 9.47 Å². The van der Waals surface area contributed by atoms with Crippen molar-refractivity contribution in [2.75, 3.05) is 12.1 Å². The Bertz CT molecular complexity index is 753. The number of carbonyl (C=O) groups excluding carboxylic acids is 1. The number of hydrogen-bond donors (Lipinski definition) is 1. The van der Waals surface area contributed by atoms with E-state index in [1.807, 2.05) is 12.1 Å². The molecule has 23 heavy (non-hydrogen) atoms. The van der Waals surface area contributed by atoms with E-state index in [2.05, 4.69) is 18.3 Å². The fraction of sp³-hybridized carbons (Fsp3) is 0.389. The number of thiophene rings is 1. The molecule has 0 unspecified atom stereocenters. The van der Waals surface area contributed by atoms with E-state index in [0.29, 0.717) is 5.75 Å². The predicted octanol–water partition coefficient (Wildman–Crippen LogP) is 4.24. The van der Waals surface area contributed by atoms with Crippen LogP contribution in [0.15, 0.2) is 24.3 Å². The topological polar surface area (TPSA) is 47.6 Å². The van der Waals surface area contributed by atoms with E-state index in [1.54, 1.807) is 17.4 Å². The van der Waals surface area contributed by atoms with Gasteiger partial charge in [0.15, 0.2) is 11.5 Å². The van der Waals surface area contributed by atoms with Gasteiger partial charge in [0.2, 0.25) is 6.79 Å². The summed E-state index contributed by atoms with van der Waals surface area (Å²) in [6.07, 6.45) is 4.68. The number of aryl methyl sites for hydroxylation is 1. The minimum atomic E-state index is -0.0451. The number of amides is 1. The van der Waals surface area contributed by atoms with Gasteiger partial charge < -0.3 is 14.8 Å². The van der Waals surface area contributed by atoms with Crippen molar-refractivity contribution in [2.45, 2.75) is 32.6 Å². The third-order valence-corrected chi connectivity index (χ3v) is 5.85. The molecule has 4 nitrogen and oxygen atoms in total. The van der Waals surface area contributed by atoms with Crippen molar-refractivity contribution in [3.05, 3.63) is 39.6 Å². The van der Waals surface area contributed by atoms with E-state index in [-0.39, 0.29) is 12.7 Å². The van der Waals surface area contributed by atoms with Gasteiger partial charge in [0.1, 0.15) is 0 Å². The van der Waals surface area contributed by atoms with Gasteiger partial charge in [0.25, 0.3) is 5.91 Å². The van der Waals surface area contributed by atoms with Crippen molar-refractivity contribution in [1.29, 1.82) is 0 Å². The van der Waals surface area contributed by atoms with Crippen molar-refractivity contribution < 1.29 is 14.3 Å². The molecule has 1 aliphatic heterocycles. The Balaban J connectivity index is 1.50. The number of rotatable bonds is 3. The Kier molecular flexibility index (Phi) is 3.73. The number of benzene rings is 1. The van der Waals surface area contributed by atoms with Crippen LogP contribution in [0.3, 0.4) is 0 Å². The molecule has 1 aromatic carbocycles. The van der Waals surface area contributed by atoms with E-state index in [0.717, 1.165) is 35.1 Å². The van der Waals surface area contributed by atoms with Crippen molar-refractivity contribution in [3.8, 4) is 11.5 Å². The van der Waals surface area contributed by atoms with Gasteiger partial charge in [-0.15, -0.1) is 11.3 Å². The molecule has 1 aliphatic carbocycles. The van der Waals surface area contributed by atoms with E-state index in [9.17, 15) is 4.79 Å². The molecule has 2 aliphatic rings. The zero-order valence-corrected chi connectivity index (χ0v) is 13.9. The summed E-state index contributed by atoms with van der Waals surface area (Å²) in [4.78, 5) is 14.7. The number of anilines is 1. The van der Waals surface area contributed by atoms with E-state index >= 15 is 0 Å². The fourth-order valence-corrected chi connectivity index (χ4v) is 4.33. The molecule has 1 atom stereocenters. The molecular formula is C18H19NO3S. The first kappa shape index (κ1) is 14.6. The second kappa shape index (κ2) is 5.89. The van der Waals surface area contributed by atoms with Crippen LogP contribution in [0.1, 0.15) is 39.9 Å². The summed E-state index contributed by atoms with van der Waals surface area (Å²) in [5.41, 5.74) is 2.10. The SMILES string of the molecule is CC[C@@H]1CCc2sc(C(=O)Nc3ccc4c(c3)OCO4)cc2C1. The Morgan fingerprint density at radius 2 is 2.17 bits per heavy atom. The highest BCUT2D eigenvalue weighted by Gasteiger charge is 2.22. The molecular weight excluding hydrogens is 310 g/mol. The smallest absolute Gasteiger partial charge is 0.265 e. The molecule has 4 rings (SSSR count). The minimum Gasteiger partial charge on any atom is -0.454 e. The van der Waals surface area contributed by atoms with Gasteiger partial charge in [-0.3, -0.25) is 4.79 Å². The second-order valence-corrected chi connectivity index (χ2v) is 7.24. The van der Waals surface area contributed by atoms with Crippen LogP contribution in [0.4, 0.5) is 5.69 Å². The Morgan fingerprint density at radius 3 is 3.04 bits per heavy atom. The van der Waals surface area contributed by atoms with E-state index < -0.39 is 0 Å². The second-order valence-electron chi connectivity index (χ2n) is 6.10. The van der Waals surface area contributed by atoms with Crippen LogP contribution >= 0.6 is 11.3 Å². The summed E-state index contributed by atoms with van der Waals surface area (Å²) in [5.74, 6) is 2.12. The average Bonchev–Trinajstić information content (AvgIpc) is 3.19. The van der Waals surface area contributed by atoms with Crippen molar-refractivity contribution in [2.24, 2.45) is 5.92 Å². The maximum Gasteiger partial charge on any atom is 0.265 e. The molecule has 2 aromatic rings. The molecule has 5 heteroatoms. The van der Waals surface area contributed by atoms with Gasteiger partial charge in [0.05, 0.1) is 4.88 Å². The molecule has 2 heterocycles. The van der Waals surface area contributed by atoms with Crippen molar-refractivity contribution >= 4 is 22.9 Å². The molecule has 1 N–H and O–H groups in total. The highest BCUT2D eigenvalue weighted by Crippen LogP contribution is 2.36. The van der Waals surface area contributed by atoms with Gasteiger partial charge in [-0.2, -0.15) is 0 Å². The third-order valence-electron chi connectivity index (χ3n) is 4.62. The first-order valence-corrected chi connectivity index (χ1v) is 8.87. The zero-order chi connectivity index (χ0) is 15.8. The molecule has 1 aromatic heterocycles. The molecule has 0 radical (unpaired) electrons. The predicted molar refractivity (Wildman–Crippen MR) is 90.6 cm³/mol. The monoisotopic (exact) mass is 329 g/mol. The van der Waals surface area contributed by atoms with Crippen molar-refractivity contribution in [3.63, 3.8) is 0 Å². The zero-order valence-electron chi connectivity index (χ0n) is 13.1. The van der Waals surface area contributed by atoms with Crippen LogP contribution in [0, 0.1) is 5.92 Å². The standard InChI is InChI=1S/C18H19NO3S/c1-2-11-3-6-16-12(7-11)8-17(23-16)18(20)19-13-4-5-14-15(9-13)22-10-21-14/h4-5,8-9,11H,2-3,6-7,10H2,1H3,(H,19,20)/t11-/m1/s1. The van der Waals surface area contributed by atoms with Gasteiger partial charge in [-0.05, 0) is 48.9 Å². The highest BCUT2D eigenvalue weighted by atomic mass is 32.1. The highest BCUT2D eigenvalue weighted by molar-refractivity contribution is 7.14. The van der Waals surface area contributed by atoms with Crippen LogP contribution in [-0.4, -0.2) is 12.7 Å². The summed E-state index contributed by atoms with van der Waals surface area (Å²) in [6.45, 7) is 2.48. The summed E-state index contributed by atoms with van der Waals surface area (Å²) in [5, 5.41) is 2.96. The first-order chi connectivity index (χ1) is 11.2. The van der Waals surface area contributed by atoms with Crippen LogP contribution in [0.25, 0.3) is 0 Å². The Hall–Kier alpha value is -2.01. The number of hydrogen-bond acceptors (Lipinski definition) is 4. The average molecular weight is 329 g/mol. The Labute approximate surface area is 139 Å². The first-order valence-electron chi connectivity index (χ1n) is 8.05. The van der Waals surface area contributed by atoms with E-state index in [1.165, 1.54) is 23.3 Å². The summed E-state index contributed by atoms with van der Waals surface area (Å²) >= 11 is 1.63. The lowest BCUT2D eigenvalue weighted by Gasteiger charge is -2.19. The lowest BCUT2D eigenvalue weighted by atomic mass is 9.87. The van der Waals surface area contributed by atoms with Crippen LogP contribution < -0.4 is 14.8 Å². The normalized spacial score (nSPS) is 18.6. The van der Waals surface area contributed by atoms with Crippen LogP contribution in [0.5, 0.6) is 11.5 Å². The van der Waals surface area contributed by atoms with Gasteiger partial charge >= 0.3 is 0 Å². The molecule has 0 saturated carbocycles. The molecule has 0 saturated heterocycles. The number of carbonyl (C=O) groups is 1. The van der Waals surface area contributed by atoms with Crippen molar-refractivity contribution in [1.82, 2.24) is 0 Å². The number of fused-ring (bicyclic) bond motifs is 2. The third kappa shape index (κ3) is 2.81. The Morgan fingerprint density at radius 1 is 1.30 bits per heavy atom. The summed E-state index contributed by atoms with van der Waals surface area (Å²) in [7, 11) is 0. The molecule has 0 bridgehead atoms. The maximum atomic E-state index is 12.5. The summed E-state index contributed by atoms with van der Waals surface area (Å²) < 4.78 is 10.6. The van der Waals surface area contributed by atoms with Crippen LogP contribution in [-0.2, 0) is 12.8 Å². The number of nitrogens with one attached hydrogen (secondary N) is 1. The molecule has 0 spiro atoms. The lowest BCUT2D eigenvalue weighted by molar-refractivity contribution is 0.103. The molecule has 1 amide bonds. The quantitative estimate of drug-likeness (QED) is 0.916. The fourth-order valence-electron chi connectivity index (χ4n) is 3.23. The lowest BCUT2D eigenvalue weighted by Crippen LogP contribution is -2.11. The molecule has 0 fully saturated rings. The van der Waals surface area contributed by atoms with Gasteiger partial charge in [-0.25, -0.2) is 0 Å². The summed E-state index contributed by atoms with van der Waals surface area (Å²) in [6, 6.07) is 7.54. The minimum absolute atomic E-state index is 0.0451. The van der Waals surface area contributed by atoms with Gasteiger partial charge in [0, 0.05) is 16.6 Å². The largest absolute Gasteiger partial charge is 0.454 e.